The number of hydrogen-bond donors (Lipinski definition) is 1. The summed E-state index contributed by atoms with van der Waals surface area (Å²) in [5.41, 5.74) is 0.336. The first-order valence-electron chi connectivity index (χ1n) is 5.20. The lowest BCUT2D eigenvalue weighted by Crippen LogP contribution is -2.34. The van der Waals surface area contributed by atoms with Crippen LogP contribution in [0.2, 0.25) is 0 Å². The molecule has 0 atom stereocenters. The molecule has 0 saturated heterocycles. The van der Waals surface area contributed by atoms with Crippen LogP contribution in [0.4, 0.5) is 4.39 Å². The van der Waals surface area contributed by atoms with Gasteiger partial charge in [-0.05, 0) is 18.6 Å². The zero-order valence-electron chi connectivity index (χ0n) is 9.19. The van der Waals surface area contributed by atoms with Crippen molar-refractivity contribution in [1.29, 1.82) is 0 Å². The number of aliphatic hydroxyl groups is 1. The fraction of sp³-hybridized carbons (Fsp3) is 0.455. The summed E-state index contributed by atoms with van der Waals surface area (Å²) in [7, 11) is 0. The zero-order chi connectivity index (χ0) is 12.0. The standard InChI is InChI=1S/C11H15FN2O2/c1-2-5-14(6-7-15)11(16)9-3-4-10(12)13-8-9/h3-4,8,15H,2,5-7H2,1H3. The van der Waals surface area contributed by atoms with Gasteiger partial charge in [0.25, 0.3) is 5.91 Å². The lowest BCUT2D eigenvalue weighted by molar-refractivity contribution is 0.0721. The fourth-order valence-corrected chi connectivity index (χ4v) is 1.39. The maximum atomic E-state index is 12.6. The highest BCUT2D eigenvalue weighted by atomic mass is 19.1. The summed E-state index contributed by atoms with van der Waals surface area (Å²) < 4.78 is 12.6. The van der Waals surface area contributed by atoms with Crippen molar-refractivity contribution < 1.29 is 14.3 Å². The highest BCUT2D eigenvalue weighted by Gasteiger charge is 2.14. The molecular weight excluding hydrogens is 211 g/mol. The van der Waals surface area contributed by atoms with Crippen molar-refractivity contribution in [3.05, 3.63) is 29.8 Å². The van der Waals surface area contributed by atoms with Gasteiger partial charge in [0.15, 0.2) is 0 Å². The van der Waals surface area contributed by atoms with Crippen LogP contribution in [0.25, 0.3) is 0 Å². The lowest BCUT2D eigenvalue weighted by atomic mass is 10.2. The molecule has 0 aliphatic carbocycles. The van der Waals surface area contributed by atoms with Gasteiger partial charge in [-0.2, -0.15) is 4.39 Å². The molecule has 0 aliphatic rings. The molecule has 1 amide bonds. The van der Waals surface area contributed by atoms with Crippen LogP contribution in [0, 0.1) is 5.95 Å². The van der Waals surface area contributed by atoms with Crippen LogP contribution in [-0.4, -0.2) is 40.6 Å². The van der Waals surface area contributed by atoms with Crippen LogP contribution < -0.4 is 0 Å². The van der Waals surface area contributed by atoms with Gasteiger partial charge in [0.1, 0.15) is 0 Å². The number of pyridine rings is 1. The Bertz CT molecular complexity index is 334. The van der Waals surface area contributed by atoms with E-state index in [2.05, 4.69) is 4.98 Å². The van der Waals surface area contributed by atoms with E-state index in [1.807, 2.05) is 6.92 Å². The first-order chi connectivity index (χ1) is 7.69. The summed E-state index contributed by atoms with van der Waals surface area (Å²) >= 11 is 0. The van der Waals surface area contributed by atoms with Crippen LogP contribution in [0.5, 0.6) is 0 Å². The summed E-state index contributed by atoms with van der Waals surface area (Å²) in [5, 5.41) is 8.83. The van der Waals surface area contributed by atoms with Gasteiger partial charge in [0.2, 0.25) is 5.95 Å². The smallest absolute Gasteiger partial charge is 0.255 e. The highest BCUT2D eigenvalue weighted by Crippen LogP contribution is 2.05. The van der Waals surface area contributed by atoms with Crippen LogP contribution in [-0.2, 0) is 0 Å². The van der Waals surface area contributed by atoms with Gasteiger partial charge in [0, 0.05) is 19.3 Å². The van der Waals surface area contributed by atoms with Gasteiger partial charge >= 0.3 is 0 Å². The number of rotatable bonds is 5. The average Bonchev–Trinajstić information content (AvgIpc) is 2.29. The van der Waals surface area contributed by atoms with Gasteiger partial charge in [0.05, 0.1) is 12.2 Å². The molecule has 1 heterocycles. The molecular formula is C11H15FN2O2. The van der Waals surface area contributed by atoms with Crippen molar-refractivity contribution in [2.75, 3.05) is 19.7 Å². The summed E-state index contributed by atoms with van der Waals surface area (Å²) in [4.78, 5) is 16.8. The average molecular weight is 226 g/mol. The molecule has 16 heavy (non-hydrogen) atoms. The Hall–Kier alpha value is -1.49. The third-order valence-electron chi connectivity index (χ3n) is 2.12. The Morgan fingerprint density at radius 2 is 2.25 bits per heavy atom. The quantitative estimate of drug-likeness (QED) is 0.764. The van der Waals surface area contributed by atoms with E-state index < -0.39 is 5.95 Å². The molecule has 1 rings (SSSR count). The first-order valence-corrected chi connectivity index (χ1v) is 5.20. The first kappa shape index (κ1) is 12.6. The van der Waals surface area contributed by atoms with Crippen molar-refractivity contribution >= 4 is 5.91 Å². The lowest BCUT2D eigenvalue weighted by Gasteiger charge is -2.20. The minimum absolute atomic E-state index is 0.0830. The number of nitrogens with zero attached hydrogens (tertiary/aromatic N) is 2. The van der Waals surface area contributed by atoms with Crippen LogP contribution in [0.1, 0.15) is 23.7 Å². The largest absolute Gasteiger partial charge is 0.395 e. The van der Waals surface area contributed by atoms with Crippen LogP contribution in [0.3, 0.4) is 0 Å². The zero-order valence-corrected chi connectivity index (χ0v) is 9.19. The second-order valence-electron chi connectivity index (χ2n) is 3.39. The third kappa shape index (κ3) is 3.27. The number of hydrogen-bond acceptors (Lipinski definition) is 3. The molecule has 0 unspecified atom stereocenters. The molecule has 88 valence electrons. The van der Waals surface area contributed by atoms with Gasteiger partial charge in [-0.3, -0.25) is 4.79 Å². The second-order valence-corrected chi connectivity index (χ2v) is 3.39. The summed E-state index contributed by atoms with van der Waals surface area (Å²) in [6, 6.07) is 2.54. The SMILES string of the molecule is CCCN(CCO)C(=O)c1ccc(F)nc1. The number of carbonyl (C=O) groups excluding carboxylic acids is 1. The summed E-state index contributed by atoms with van der Waals surface area (Å²) in [6.45, 7) is 2.71. The molecule has 1 aromatic rings. The molecule has 0 saturated carbocycles. The van der Waals surface area contributed by atoms with E-state index in [-0.39, 0.29) is 19.1 Å². The molecule has 5 heteroatoms. The van der Waals surface area contributed by atoms with Crippen molar-refractivity contribution in [1.82, 2.24) is 9.88 Å². The van der Waals surface area contributed by atoms with E-state index in [1.54, 1.807) is 0 Å². The Balaban J connectivity index is 2.77. The molecule has 0 aromatic carbocycles. The minimum atomic E-state index is -0.610. The van der Waals surface area contributed by atoms with Crippen molar-refractivity contribution in [2.24, 2.45) is 0 Å². The molecule has 4 nitrogen and oxygen atoms in total. The Labute approximate surface area is 93.7 Å². The fourth-order valence-electron chi connectivity index (χ4n) is 1.39. The Morgan fingerprint density at radius 1 is 1.50 bits per heavy atom. The van der Waals surface area contributed by atoms with E-state index in [0.29, 0.717) is 12.1 Å². The normalized spacial score (nSPS) is 10.2. The molecule has 0 spiro atoms. The number of carbonyl (C=O) groups is 1. The minimum Gasteiger partial charge on any atom is -0.395 e. The van der Waals surface area contributed by atoms with Gasteiger partial charge in [-0.15, -0.1) is 0 Å². The van der Waals surface area contributed by atoms with E-state index in [4.69, 9.17) is 5.11 Å². The van der Waals surface area contributed by atoms with Crippen molar-refractivity contribution in [2.45, 2.75) is 13.3 Å². The monoisotopic (exact) mass is 226 g/mol. The number of halogens is 1. The van der Waals surface area contributed by atoms with Gasteiger partial charge < -0.3 is 10.0 Å². The van der Waals surface area contributed by atoms with E-state index in [1.165, 1.54) is 17.2 Å². The number of aliphatic hydroxyl groups excluding tert-OH is 1. The highest BCUT2D eigenvalue weighted by molar-refractivity contribution is 5.93. The molecule has 1 N–H and O–H groups in total. The topological polar surface area (TPSA) is 53.4 Å². The molecule has 0 fully saturated rings. The third-order valence-corrected chi connectivity index (χ3v) is 2.12. The van der Waals surface area contributed by atoms with Crippen LogP contribution >= 0.6 is 0 Å². The van der Waals surface area contributed by atoms with Crippen molar-refractivity contribution in [3.63, 3.8) is 0 Å². The summed E-state index contributed by atoms with van der Waals surface area (Å²) in [6.07, 6.45) is 2.01. The molecule has 0 radical (unpaired) electrons. The van der Waals surface area contributed by atoms with Gasteiger partial charge in [-0.25, -0.2) is 4.98 Å². The second kappa shape index (κ2) is 6.17. The maximum Gasteiger partial charge on any atom is 0.255 e. The number of aromatic nitrogens is 1. The van der Waals surface area contributed by atoms with Crippen molar-refractivity contribution in [3.8, 4) is 0 Å². The predicted molar refractivity (Wildman–Crippen MR) is 57.5 cm³/mol. The van der Waals surface area contributed by atoms with Crippen LogP contribution in [0.15, 0.2) is 18.3 Å². The predicted octanol–water partition coefficient (Wildman–Crippen LogP) is 1.07. The Morgan fingerprint density at radius 3 is 2.75 bits per heavy atom. The molecule has 0 bridgehead atoms. The summed E-state index contributed by atoms with van der Waals surface area (Å²) in [5.74, 6) is -0.843. The van der Waals surface area contributed by atoms with E-state index >= 15 is 0 Å². The number of amides is 1. The van der Waals surface area contributed by atoms with Gasteiger partial charge in [-0.1, -0.05) is 6.92 Å². The van der Waals surface area contributed by atoms with E-state index in [0.717, 1.165) is 12.5 Å². The van der Waals surface area contributed by atoms with E-state index in [9.17, 15) is 9.18 Å². The maximum absolute atomic E-state index is 12.6. The Kier molecular flexibility index (Phi) is 4.85. The molecule has 0 aliphatic heterocycles. The molecule has 1 aromatic heterocycles.